The number of nitrogens with zero attached hydrogens (tertiary/aromatic N) is 1. The Morgan fingerprint density at radius 3 is 2.52 bits per heavy atom. The quantitative estimate of drug-likeness (QED) is 0.558. The molecule has 7 nitrogen and oxygen atoms in total. The lowest BCUT2D eigenvalue weighted by molar-refractivity contribution is -0.385. The first-order chi connectivity index (χ1) is 9.81. The van der Waals surface area contributed by atoms with E-state index in [1.54, 1.807) is 6.92 Å². The SMILES string of the molecule is CCN[C@H](C)CNS(=O)(=O)c1cc([N+](=O)[O-])ccc1CC. The molecular weight excluding hydrogens is 294 g/mol. The molecule has 0 bridgehead atoms. The molecule has 0 aliphatic heterocycles. The summed E-state index contributed by atoms with van der Waals surface area (Å²) < 4.78 is 27.2. The predicted molar refractivity (Wildman–Crippen MR) is 80.8 cm³/mol. The van der Waals surface area contributed by atoms with Crippen LogP contribution in [0, 0.1) is 10.1 Å². The van der Waals surface area contributed by atoms with E-state index in [-0.39, 0.29) is 23.2 Å². The number of non-ortho nitro benzene ring substituents is 1. The number of aryl methyl sites for hydroxylation is 1. The molecule has 1 atom stereocenters. The smallest absolute Gasteiger partial charge is 0.270 e. The molecule has 0 radical (unpaired) electrons. The normalized spacial score (nSPS) is 13.1. The summed E-state index contributed by atoms with van der Waals surface area (Å²) in [7, 11) is -3.77. The van der Waals surface area contributed by atoms with Gasteiger partial charge >= 0.3 is 0 Å². The van der Waals surface area contributed by atoms with Crippen LogP contribution in [0.1, 0.15) is 26.3 Å². The summed E-state index contributed by atoms with van der Waals surface area (Å²) in [5.41, 5.74) is 0.330. The zero-order chi connectivity index (χ0) is 16.0. The summed E-state index contributed by atoms with van der Waals surface area (Å²) in [5, 5.41) is 13.9. The fourth-order valence-corrected chi connectivity index (χ4v) is 3.39. The van der Waals surface area contributed by atoms with Crippen LogP contribution in [0.5, 0.6) is 0 Å². The fraction of sp³-hybridized carbons (Fsp3) is 0.538. The summed E-state index contributed by atoms with van der Waals surface area (Å²) in [5.74, 6) is 0. The molecule has 0 fully saturated rings. The third-order valence-electron chi connectivity index (χ3n) is 3.06. The molecule has 0 unspecified atom stereocenters. The van der Waals surface area contributed by atoms with Crippen LogP contribution in [0.2, 0.25) is 0 Å². The first-order valence-electron chi connectivity index (χ1n) is 6.82. The van der Waals surface area contributed by atoms with Crippen molar-refractivity contribution in [3.8, 4) is 0 Å². The van der Waals surface area contributed by atoms with Gasteiger partial charge in [0.25, 0.3) is 5.69 Å². The van der Waals surface area contributed by atoms with Crippen LogP contribution < -0.4 is 10.0 Å². The molecule has 118 valence electrons. The van der Waals surface area contributed by atoms with Gasteiger partial charge in [-0.15, -0.1) is 0 Å². The predicted octanol–water partition coefficient (Wildman–Crippen LogP) is 1.43. The molecule has 2 N–H and O–H groups in total. The van der Waals surface area contributed by atoms with Crippen molar-refractivity contribution in [1.29, 1.82) is 0 Å². The highest BCUT2D eigenvalue weighted by atomic mass is 32.2. The maximum atomic E-state index is 12.3. The van der Waals surface area contributed by atoms with Crippen LogP contribution in [0.25, 0.3) is 0 Å². The largest absolute Gasteiger partial charge is 0.313 e. The van der Waals surface area contributed by atoms with E-state index in [0.29, 0.717) is 12.0 Å². The van der Waals surface area contributed by atoms with Gasteiger partial charge in [-0.1, -0.05) is 19.9 Å². The minimum absolute atomic E-state index is 0.0199. The molecule has 1 aromatic rings. The summed E-state index contributed by atoms with van der Waals surface area (Å²) >= 11 is 0. The molecule has 0 saturated heterocycles. The van der Waals surface area contributed by atoms with Gasteiger partial charge in [-0.3, -0.25) is 10.1 Å². The zero-order valence-electron chi connectivity index (χ0n) is 12.4. The van der Waals surface area contributed by atoms with Crippen molar-refractivity contribution >= 4 is 15.7 Å². The monoisotopic (exact) mass is 315 g/mol. The van der Waals surface area contributed by atoms with E-state index in [1.165, 1.54) is 12.1 Å². The van der Waals surface area contributed by atoms with Gasteiger partial charge in [0.15, 0.2) is 0 Å². The van der Waals surface area contributed by atoms with Gasteiger partial charge in [0, 0.05) is 24.7 Å². The maximum Gasteiger partial charge on any atom is 0.270 e. The average molecular weight is 315 g/mol. The zero-order valence-corrected chi connectivity index (χ0v) is 13.2. The number of sulfonamides is 1. The Morgan fingerprint density at radius 2 is 2.00 bits per heavy atom. The van der Waals surface area contributed by atoms with E-state index < -0.39 is 14.9 Å². The number of hydrogen-bond acceptors (Lipinski definition) is 5. The van der Waals surface area contributed by atoms with Crippen molar-refractivity contribution in [2.75, 3.05) is 13.1 Å². The maximum absolute atomic E-state index is 12.3. The minimum atomic E-state index is -3.77. The number of hydrogen-bond donors (Lipinski definition) is 2. The van der Waals surface area contributed by atoms with Gasteiger partial charge in [-0.05, 0) is 25.5 Å². The lowest BCUT2D eigenvalue weighted by Gasteiger charge is -2.15. The van der Waals surface area contributed by atoms with E-state index in [1.807, 2.05) is 13.8 Å². The van der Waals surface area contributed by atoms with Gasteiger partial charge in [0.05, 0.1) is 9.82 Å². The van der Waals surface area contributed by atoms with Crippen molar-refractivity contribution in [3.05, 3.63) is 33.9 Å². The highest BCUT2D eigenvalue weighted by Crippen LogP contribution is 2.22. The van der Waals surface area contributed by atoms with Crippen LogP contribution in [-0.4, -0.2) is 32.5 Å². The summed E-state index contributed by atoms with van der Waals surface area (Å²) in [4.78, 5) is 10.2. The van der Waals surface area contributed by atoms with Crippen molar-refractivity contribution < 1.29 is 13.3 Å². The molecule has 1 rings (SSSR count). The van der Waals surface area contributed by atoms with Crippen molar-refractivity contribution in [2.24, 2.45) is 0 Å². The lowest BCUT2D eigenvalue weighted by atomic mass is 10.1. The number of nitro benzene ring substituents is 1. The number of benzene rings is 1. The van der Waals surface area contributed by atoms with Gasteiger partial charge in [0.2, 0.25) is 10.0 Å². The summed E-state index contributed by atoms with van der Waals surface area (Å²) in [6.45, 7) is 6.56. The van der Waals surface area contributed by atoms with Gasteiger partial charge in [0.1, 0.15) is 0 Å². The Labute approximate surface area is 124 Å². The topological polar surface area (TPSA) is 101 Å². The van der Waals surface area contributed by atoms with Crippen LogP contribution in [0.4, 0.5) is 5.69 Å². The van der Waals surface area contributed by atoms with Crippen LogP contribution in [0.15, 0.2) is 23.1 Å². The van der Waals surface area contributed by atoms with Crippen LogP contribution >= 0.6 is 0 Å². The van der Waals surface area contributed by atoms with E-state index in [0.717, 1.165) is 12.6 Å². The van der Waals surface area contributed by atoms with E-state index >= 15 is 0 Å². The number of likely N-dealkylation sites (N-methyl/N-ethyl adjacent to an activating group) is 1. The van der Waals surface area contributed by atoms with Gasteiger partial charge in [-0.2, -0.15) is 0 Å². The molecule has 0 amide bonds. The summed E-state index contributed by atoms with van der Waals surface area (Å²) in [6, 6.07) is 3.90. The Morgan fingerprint density at radius 1 is 1.33 bits per heavy atom. The Hall–Kier alpha value is -1.51. The fourth-order valence-electron chi connectivity index (χ4n) is 1.93. The molecule has 0 aliphatic rings. The minimum Gasteiger partial charge on any atom is -0.313 e. The molecule has 0 aromatic heterocycles. The first-order valence-corrected chi connectivity index (χ1v) is 8.30. The van der Waals surface area contributed by atoms with Crippen molar-refractivity contribution in [3.63, 3.8) is 0 Å². The molecule has 0 saturated carbocycles. The molecular formula is C13H21N3O4S. The van der Waals surface area contributed by atoms with Crippen LogP contribution in [0.3, 0.4) is 0 Å². The molecule has 0 heterocycles. The number of nitrogens with one attached hydrogen (secondary N) is 2. The Bertz CT molecular complexity index is 601. The van der Waals surface area contributed by atoms with E-state index in [2.05, 4.69) is 10.0 Å². The number of rotatable bonds is 8. The molecule has 8 heteroatoms. The van der Waals surface area contributed by atoms with Crippen molar-refractivity contribution in [1.82, 2.24) is 10.0 Å². The highest BCUT2D eigenvalue weighted by molar-refractivity contribution is 7.89. The van der Waals surface area contributed by atoms with E-state index in [4.69, 9.17) is 0 Å². The Kier molecular flexibility index (Phi) is 6.25. The summed E-state index contributed by atoms with van der Waals surface area (Å²) in [6.07, 6.45) is 0.483. The molecule has 21 heavy (non-hydrogen) atoms. The molecule has 0 aliphatic carbocycles. The highest BCUT2D eigenvalue weighted by Gasteiger charge is 2.21. The van der Waals surface area contributed by atoms with E-state index in [9.17, 15) is 18.5 Å². The lowest BCUT2D eigenvalue weighted by Crippen LogP contribution is -2.39. The third-order valence-corrected chi connectivity index (χ3v) is 4.57. The van der Waals surface area contributed by atoms with Crippen LogP contribution in [-0.2, 0) is 16.4 Å². The second-order valence-electron chi connectivity index (χ2n) is 4.71. The molecule has 0 spiro atoms. The van der Waals surface area contributed by atoms with Gasteiger partial charge < -0.3 is 5.32 Å². The molecule has 1 aromatic carbocycles. The second-order valence-corrected chi connectivity index (χ2v) is 6.45. The standard InChI is InChI=1S/C13H21N3O4S/c1-4-11-6-7-12(16(17)18)8-13(11)21(19,20)15-9-10(3)14-5-2/h6-8,10,14-15H,4-5,9H2,1-3H3/t10-/m1/s1. The third kappa shape index (κ3) is 4.76. The van der Waals surface area contributed by atoms with Crippen molar-refractivity contribution in [2.45, 2.75) is 38.1 Å². The first kappa shape index (κ1) is 17.5. The number of nitro groups is 1. The Balaban J connectivity index is 3.05. The second kappa shape index (κ2) is 7.48. The average Bonchev–Trinajstić information content (AvgIpc) is 2.44. The van der Waals surface area contributed by atoms with Gasteiger partial charge in [-0.25, -0.2) is 13.1 Å².